The van der Waals surface area contributed by atoms with E-state index in [1.54, 1.807) is 25.1 Å². The number of benzene rings is 2. The fraction of sp³-hybridized carbons (Fsp3) is 0.167. The molecular formula is C18H14FN3O4. The average Bonchev–Trinajstić information content (AvgIpc) is 3.21. The lowest BCUT2D eigenvalue weighted by Gasteiger charge is -2.08. The van der Waals surface area contributed by atoms with Crippen LogP contribution in [0.25, 0.3) is 22.2 Å². The number of nitrogens with one attached hydrogen (secondary N) is 1. The van der Waals surface area contributed by atoms with Gasteiger partial charge in [0.1, 0.15) is 16.9 Å². The number of rotatable bonds is 4. The topological polar surface area (TPSA) is 90.4 Å². The van der Waals surface area contributed by atoms with Crippen molar-refractivity contribution in [1.29, 1.82) is 0 Å². The first-order valence-electron chi connectivity index (χ1n) is 7.85. The fourth-order valence-electron chi connectivity index (χ4n) is 2.63. The molecule has 7 nitrogen and oxygen atoms in total. The molecule has 4 aromatic rings. The third-order valence-corrected chi connectivity index (χ3v) is 4.03. The van der Waals surface area contributed by atoms with E-state index >= 15 is 0 Å². The number of oxazole rings is 2. The molecule has 1 N–H and O–H groups in total. The van der Waals surface area contributed by atoms with Crippen LogP contribution >= 0.6 is 0 Å². The second-order valence-corrected chi connectivity index (χ2v) is 5.75. The number of ether oxygens (including phenoxy) is 1. The van der Waals surface area contributed by atoms with Crippen LogP contribution < -0.4 is 5.32 Å². The highest BCUT2D eigenvalue weighted by molar-refractivity contribution is 5.82. The van der Waals surface area contributed by atoms with Gasteiger partial charge in [0.2, 0.25) is 0 Å². The number of halogens is 1. The Morgan fingerprint density at radius 2 is 1.69 bits per heavy atom. The van der Waals surface area contributed by atoms with Gasteiger partial charge < -0.3 is 13.6 Å². The van der Waals surface area contributed by atoms with Crippen molar-refractivity contribution in [3.8, 4) is 0 Å². The SMILES string of the molecule is COC(=O)C(C)c1ccc2oc(Nc3nc4cc(F)ccc4o3)nc2c1. The number of esters is 1. The molecule has 0 bridgehead atoms. The Morgan fingerprint density at radius 3 is 2.35 bits per heavy atom. The van der Waals surface area contributed by atoms with E-state index < -0.39 is 11.7 Å². The highest BCUT2D eigenvalue weighted by Gasteiger charge is 2.18. The lowest BCUT2D eigenvalue weighted by molar-refractivity contribution is -0.141. The fourth-order valence-corrected chi connectivity index (χ4v) is 2.63. The molecule has 0 fully saturated rings. The Kier molecular flexibility index (Phi) is 3.80. The maximum absolute atomic E-state index is 13.2. The maximum atomic E-state index is 13.2. The first-order chi connectivity index (χ1) is 12.5. The summed E-state index contributed by atoms with van der Waals surface area (Å²) in [5.74, 6) is -1.14. The molecule has 2 aromatic carbocycles. The zero-order valence-corrected chi connectivity index (χ0v) is 13.9. The number of aromatic nitrogens is 2. The summed E-state index contributed by atoms with van der Waals surface area (Å²) in [7, 11) is 1.35. The number of anilines is 2. The van der Waals surface area contributed by atoms with E-state index in [0.717, 1.165) is 5.56 Å². The number of methoxy groups -OCH3 is 1. The molecular weight excluding hydrogens is 341 g/mol. The number of hydrogen-bond donors (Lipinski definition) is 1. The van der Waals surface area contributed by atoms with E-state index in [1.807, 2.05) is 0 Å². The van der Waals surface area contributed by atoms with E-state index in [-0.39, 0.29) is 18.0 Å². The molecule has 2 heterocycles. The minimum atomic E-state index is -0.413. The molecule has 0 radical (unpaired) electrons. The van der Waals surface area contributed by atoms with Crippen molar-refractivity contribution >= 4 is 40.2 Å². The summed E-state index contributed by atoms with van der Waals surface area (Å²) in [5.41, 5.74) is 2.71. The molecule has 0 aliphatic rings. The molecule has 26 heavy (non-hydrogen) atoms. The van der Waals surface area contributed by atoms with Crippen molar-refractivity contribution in [1.82, 2.24) is 9.97 Å². The number of carbonyl (C=O) groups excluding carboxylic acids is 1. The maximum Gasteiger partial charge on any atom is 0.312 e. The first kappa shape index (κ1) is 16.1. The van der Waals surface area contributed by atoms with Gasteiger partial charge in [0, 0.05) is 6.07 Å². The van der Waals surface area contributed by atoms with Gasteiger partial charge in [0.25, 0.3) is 0 Å². The van der Waals surface area contributed by atoms with Crippen LogP contribution in [0, 0.1) is 5.82 Å². The van der Waals surface area contributed by atoms with Crippen LogP contribution in [-0.4, -0.2) is 23.0 Å². The molecule has 132 valence electrons. The molecule has 0 saturated carbocycles. The molecule has 0 aliphatic heterocycles. The summed E-state index contributed by atoms with van der Waals surface area (Å²) in [6.45, 7) is 1.75. The van der Waals surface area contributed by atoms with Crippen LogP contribution in [0.2, 0.25) is 0 Å². The van der Waals surface area contributed by atoms with Crippen LogP contribution in [0.1, 0.15) is 18.4 Å². The lowest BCUT2D eigenvalue weighted by atomic mass is 10.0. The van der Waals surface area contributed by atoms with Crippen molar-refractivity contribution < 1.29 is 22.8 Å². The lowest BCUT2D eigenvalue weighted by Crippen LogP contribution is -2.10. The Hall–Kier alpha value is -3.42. The van der Waals surface area contributed by atoms with Gasteiger partial charge in [-0.25, -0.2) is 4.39 Å². The van der Waals surface area contributed by atoms with Gasteiger partial charge in [-0.15, -0.1) is 0 Å². The zero-order chi connectivity index (χ0) is 18.3. The van der Waals surface area contributed by atoms with E-state index in [0.29, 0.717) is 22.2 Å². The molecule has 0 spiro atoms. The molecule has 0 amide bonds. The summed E-state index contributed by atoms with van der Waals surface area (Å²) in [5, 5.41) is 2.82. The van der Waals surface area contributed by atoms with Crippen molar-refractivity contribution in [3.05, 3.63) is 47.8 Å². The normalized spacial score (nSPS) is 12.4. The van der Waals surface area contributed by atoms with Gasteiger partial charge in [-0.05, 0) is 36.8 Å². The summed E-state index contributed by atoms with van der Waals surface area (Å²) in [6.07, 6.45) is 0. The molecule has 0 saturated heterocycles. The average molecular weight is 355 g/mol. The summed E-state index contributed by atoms with van der Waals surface area (Å²) in [6, 6.07) is 9.64. The first-order valence-corrected chi connectivity index (χ1v) is 7.85. The van der Waals surface area contributed by atoms with Crippen LogP contribution in [0.15, 0.2) is 45.2 Å². The zero-order valence-electron chi connectivity index (χ0n) is 13.9. The van der Waals surface area contributed by atoms with E-state index in [4.69, 9.17) is 13.6 Å². The minimum Gasteiger partial charge on any atom is -0.469 e. The smallest absolute Gasteiger partial charge is 0.312 e. The number of hydrogen-bond acceptors (Lipinski definition) is 7. The monoisotopic (exact) mass is 355 g/mol. The minimum absolute atomic E-state index is 0.139. The highest BCUT2D eigenvalue weighted by Crippen LogP contribution is 2.27. The Labute approximate surface area is 146 Å². The van der Waals surface area contributed by atoms with E-state index in [9.17, 15) is 9.18 Å². The van der Waals surface area contributed by atoms with Crippen molar-refractivity contribution in [2.24, 2.45) is 0 Å². The second-order valence-electron chi connectivity index (χ2n) is 5.75. The predicted octanol–water partition coefficient (Wildman–Crippen LogP) is 4.13. The Balaban J connectivity index is 1.63. The second kappa shape index (κ2) is 6.14. The van der Waals surface area contributed by atoms with Gasteiger partial charge in [-0.1, -0.05) is 6.07 Å². The van der Waals surface area contributed by atoms with Crippen molar-refractivity contribution in [2.75, 3.05) is 12.4 Å². The van der Waals surface area contributed by atoms with Gasteiger partial charge in [-0.2, -0.15) is 9.97 Å². The third kappa shape index (κ3) is 2.85. The van der Waals surface area contributed by atoms with Gasteiger partial charge >= 0.3 is 18.0 Å². The van der Waals surface area contributed by atoms with Gasteiger partial charge in [0.05, 0.1) is 13.0 Å². The van der Waals surface area contributed by atoms with Gasteiger partial charge in [-0.3, -0.25) is 10.1 Å². The van der Waals surface area contributed by atoms with Crippen LogP contribution in [0.5, 0.6) is 0 Å². The van der Waals surface area contributed by atoms with Crippen molar-refractivity contribution in [3.63, 3.8) is 0 Å². The highest BCUT2D eigenvalue weighted by atomic mass is 19.1. The molecule has 8 heteroatoms. The third-order valence-electron chi connectivity index (χ3n) is 4.03. The van der Waals surface area contributed by atoms with Crippen LogP contribution in [0.4, 0.5) is 16.4 Å². The Bertz CT molecular complexity index is 1120. The summed E-state index contributed by atoms with van der Waals surface area (Å²) < 4.78 is 29.1. The van der Waals surface area contributed by atoms with E-state index in [1.165, 1.54) is 25.3 Å². The molecule has 0 aliphatic carbocycles. The quantitative estimate of drug-likeness (QED) is 0.550. The molecule has 1 atom stereocenters. The predicted molar refractivity (Wildman–Crippen MR) is 91.7 cm³/mol. The molecule has 4 rings (SSSR count). The van der Waals surface area contributed by atoms with E-state index in [2.05, 4.69) is 15.3 Å². The summed E-state index contributed by atoms with van der Waals surface area (Å²) >= 11 is 0. The largest absolute Gasteiger partial charge is 0.469 e. The number of nitrogens with zero attached hydrogens (tertiary/aromatic N) is 2. The number of carbonyl (C=O) groups is 1. The van der Waals surface area contributed by atoms with Crippen LogP contribution in [0.3, 0.4) is 0 Å². The Morgan fingerprint density at radius 1 is 1.08 bits per heavy atom. The van der Waals surface area contributed by atoms with Crippen molar-refractivity contribution in [2.45, 2.75) is 12.8 Å². The van der Waals surface area contributed by atoms with Gasteiger partial charge in [0.15, 0.2) is 11.2 Å². The standard InChI is InChI=1S/C18H14FN3O4/c1-9(16(23)24-2)10-3-5-14-12(7-10)20-17(25-14)22-18-21-13-8-11(19)4-6-15(13)26-18/h3-9H,1-2H3,(H,20,21,22). The van der Waals surface area contributed by atoms with Crippen LogP contribution in [-0.2, 0) is 9.53 Å². The number of fused-ring (bicyclic) bond motifs is 2. The summed E-state index contributed by atoms with van der Waals surface area (Å²) in [4.78, 5) is 20.1. The molecule has 1 unspecified atom stereocenters. The molecule has 2 aromatic heterocycles.